The van der Waals surface area contributed by atoms with Gasteiger partial charge >= 0.3 is 0 Å². The zero-order chi connectivity index (χ0) is 10.9. The molecule has 0 bridgehead atoms. The summed E-state index contributed by atoms with van der Waals surface area (Å²) >= 11 is 0. The van der Waals surface area contributed by atoms with Gasteiger partial charge in [0.1, 0.15) is 0 Å². The van der Waals surface area contributed by atoms with Gasteiger partial charge in [0.15, 0.2) is 0 Å². The largest absolute Gasteiger partial charge is 0.385 e. The van der Waals surface area contributed by atoms with Crippen LogP contribution >= 0.6 is 0 Å². The average molecular weight is 208 g/mol. The Bertz CT molecular complexity index is 324. The van der Waals surface area contributed by atoms with Crippen LogP contribution in [-0.2, 0) is 12.1 Å². The second kappa shape index (κ2) is 3.97. The fourth-order valence-corrected chi connectivity index (χ4v) is 2.31. The lowest BCUT2D eigenvalue weighted by molar-refractivity contribution is -0.0120. The Morgan fingerprint density at radius 1 is 1.53 bits per heavy atom. The highest BCUT2D eigenvalue weighted by atomic mass is 16.3. The summed E-state index contributed by atoms with van der Waals surface area (Å²) in [5.41, 5.74) is 0.385. The highest BCUT2D eigenvalue weighted by Crippen LogP contribution is 2.38. The summed E-state index contributed by atoms with van der Waals surface area (Å²) in [6, 6.07) is 0. The first-order valence-corrected chi connectivity index (χ1v) is 5.89. The second-order valence-electron chi connectivity index (χ2n) is 4.80. The Balaban J connectivity index is 2.14. The summed E-state index contributed by atoms with van der Waals surface area (Å²) in [5, 5.41) is 14.7. The molecule has 0 amide bonds. The first kappa shape index (κ1) is 10.7. The van der Waals surface area contributed by atoms with Crippen molar-refractivity contribution < 1.29 is 5.11 Å². The molecule has 0 aromatic carbocycles. The summed E-state index contributed by atoms with van der Waals surface area (Å²) in [5.74, 6) is 0.756. The summed E-state index contributed by atoms with van der Waals surface area (Å²) in [4.78, 5) is 0. The van der Waals surface area contributed by atoms with Crippen molar-refractivity contribution in [1.29, 1.82) is 0 Å². The van der Waals surface area contributed by atoms with Crippen LogP contribution in [0.3, 0.4) is 0 Å². The molecule has 1 aromatic heterocycles. The van der Waals surface area contributed by atoms with Gasteiger partial charge in [-0.05, 0) is 38.5 Å². The highest BCUT2D eigenvalue weighted by molar-refractivity contribution is 5.16. The van der Waals surface area contributed by atoms with Crippen LogP contribution in [0, 0.1) is 5.92 Å². The number of hydrogen-bond acceptors (Lipinski definition) is 2. The van der Waals surface area contributed by atoms with Crippen molar-refractivity contribution in [1.82, 2.24) is 9.78 Å². The van der Waals surface area contributed by atoms with Gasteiger partial charge in [0, 0.05) is 18.3 Å². The molecule has 1 aromatic rings. The molecule has 1 aliphatic rings. The molecular weight excluding hydrogens is 188 g/mol. The first-order chi connectivity index (χ1) is 7.14. The van der Waals surface area contributed by atoms with Gasteiger partial charge in [-0.25, -0.2) is 0 Å². The Labute approximate surface area is 91.1 Å². The third kappa shape index (κ3) is 2.07. The van der Waals surface area contributed by atoms with Crippen molar-refractivity contribution in [2.75, 3.05) is 0 Å². The molecule has 0 saturated heterocycles. The minimum atomic E-state index is -0.611. The molecule has 0 radical (unpaired) electrons. The van der Waals surface area contributed by atoms with Crippen LogP contribution < -0.4 is 0 Å². The van der Waals surface area contributed by atoms with Gasteiger partial charge in [-0.3, -0.25) is 4.68 Å². The van der Waals surface area contributed by atoms with E-state index >= 15 is 0 Å². The lowest BCUT2D eigenvalue weighted by Crippen LogP contribution is -2.30. The lowest BCUT2D eigenvalue weighted by Gasteiger charge is -2.34. The number of aliphatic hydroxyl groups is 1. The molecule has 0 atom stereocenters. The van der Waals surface area contributed by atoms with Gasteiger partial charge in [0.2, 0.25) is 0 Å². The van der Waals surface area contributed by atoms with E-state index in [-0.39, 0.29) is 0 Å². The molecule has 1 saturated carbocycles. The third-order valence-electron chi connectivity index (χ3n) is 3.60. The predicted molar refractivity (Wildman–Crippen MR) is 59.4 cm³/mol. The molecule has 15 heavy (non-hydrogen) atoms. The van der Waals surface area contributed by atoms with Crippen molar-refractivity contribution in [3.8, 4) is 0 Å². The van der Waals surface area contributed by atoms with Gasteiger partial charge in [-0.2, -0.15) is 5.10 Å². The van der Waals surface area contributed by atoms with Crippen molar-refractivity contribution in [3.05, 3.63) is 18.0 Å². The summed E-state index contributed by atoms with van der Waals surface area (Å²) in [6.07, 6.45) is 7.80. The average Bonchev–Trinajstić information content (AvgIpc) is 2.72. The van der Waals surface area contributed by atoms with Crippen LogP contribution in [0.5, 0.6) is 0 Å². The fourth-order valence-electron chi connectivity index (χ4n) is 2.31. The molecule has 1 fully saturated rings. The van der Waals surface area contributed by atoms with Gasteiger partial charge in [0.05, 0.1) is 11.8 Å². The van der Waals surface area contributed by atoms with E-state index in [4.69, 9.17) is 0 Å². The van der Waals surface area contributed by atoms with E-state index in [1.807, 2.05) is 17.1 Å². The van der Waals surface area contributed by atoms with Crippen LogP contribution in [0.4, 0.5) is 0 Å². The molecule has 1 heterocycles. The van der Waals surface area contributed by atoms with E-state index < -0.39 is 5.60 Å². The zero-order valence-corrected chi connectivity index (χ0v) is 9.61. The third-order valence-corrected chi connectivity index (χ3v) is 3.60. The number of aryl methyl sites for hydroxylation is 1. The van der Waals surface area contributed by atoms with Crippen LogP contribution in [0.1, 0.15) is 45.1 Å². The molecule has 3 heteroatoms. The van der Waals surface area contributed by atoms with Crippen molar-refractivity contribution in [2.45, 2.75) is 51.7 Å². The molecule has 2 rings (SSSR count). The zero-order valence-electron chi connectivity index (χ0n) is 9.61. The molecule has 0 aliphatic heterocycles. The number of hydrogen-bond donors (Lipinski definition) is 1. The standard InChI is InChI=1S/C12H20N2O/c1-3-14-9-11(8-13-14)12(15)6-4-10(2)5-7-12/h8-10,15H,3-7H2,1-2H3. The minimum absolute atomic E-state index is 0.611. The van der Waals surface area contributed by atoms with Crippen molar-refractivity contribution in [2.24, 2.45) is 5.92 Å². The van der Waals surface area contributed by atoms with Gasteiger partial charge in [-0.1, -0.05) is 6.92 Å². The Kier molecular flexibility index (Phi) is 2.83. The minimum Gasteiger partial charge on any atom is -0.385 e. The fraction of sp³-hybridized carbons (Fsp3) is 0.750. The van der Waals surface area contributed by atoms with Gasteiger partial charge in [0.25, 0.3) is 0 Å². The van der Waals surface area contributed by atoms with Crippen LogP contribution in [0.2, 0.25) is 0 Å². The SMILES string of the molecule is CCn1cc(C2(O)CCC(C)CC2)cn1. The predicted octanol–water partition coefficient (Wildman–Crippen LogP) is 2.30. The summed E-state index contributed by atoms with van der Waals surface area (Å²) < 4.78 is 1.88. The normalized spacial score (nSPS) is 31.8. The van der Waals surface area contributed by atoms with E-state index in [0.29, 0.717) is 0 Å². The van der Waals surface area contributed by atoms with E-state index in [0.717, 1.165) is 43.7 Å². The van der Waals surface area contributed by atoms with Crippen LogP contribution in [0.25, 0.3) is 0 Å². The number of nitrogens with zero attached hydrogens (tertiary/aromatic N) is 2. The second-order valence-corrected chi connectivity index (χ2v) is 4.80. The molecule has 1 N–H and O–H groups in total. The van der Waals surface area contributed by atoms with Crippen LogP contribution in [0.15, 0.2) is 12.4 Å². The van der Waals surface area contributed by atoms with Crippen molar-refractivity contribution >= 4 is 0 Å². The van der Waals surface area contributed by atoms with E-state index in [2.05, 4.69) is 18.9 Å². The topological polar surface area (TPSA) is 38.0 Å². The van der Waals surface area contributed by atoms with E-state index in [1.165, 1.54) is 0 Å². The van der Waals surface area contributed by atoms with Gasteiger partial charge in [-0.15, -0.1) is 0 Å². The molecule has 0 unspecified atom stereocenters. The van der Waals surface area contributed by atoms with E-state index in [1.54, 1.807) is 0 Å². The quantitative estimate of drug-likeness (QED) is 0.809. The molecule has 0 spiro atoms. The molecule has 84 valence electrons. The Hall–Kier alpha value is -0.830. The maximum absolute atomic E-state index is 10.5. The Morgan fingerprint density at radius 3 is 2.73 bits per heavy atom. The maximum Gasteiger partial charge on any atom is 0.0927 e. The number of rotatable bonds is 2. The summed E-state index contributed by atoms with van der Waals surface area (Å²) in [6.45, 7) is 5.19. The monoisotopic (exact) mass is 208 g/mol. The van der Waals surface area contributed by atoms with E-state index in [9.17, 15) is 5.11 Å². The Morgan fingerprint density at radius 2 is 2.20 bits per heavy atom. The molecular formula is C12H20N2O. The maximum atomic E-state index is 10.5. The van der Waals surface area contributed by atoms with Gasteiger partial charge < -0.3 is 5.11 Å². The molecule has 1 aliphatic carbocycles. The summed E-state index contributed by atoms with van der Waals surface area (Å²) in [7, 11) is 0. The highest BCUT2D eigenvalue weighted by Gasteiger charge is 2.34. The van der Waals surface area contributed by atoms with Crippen molar-refractivity contribution in [3.63, 3.8) is 0 Å². The molecule has 3 nitrogen and oxygen atoms in total. The van der Waals surface area contributed by atoms with Crippen LogP contribution in [-0.4, -0.2) is 14.9 Å². The number of aromatic nitrogens is 2. The lowest BCUT2D eigenvalue weighted by atomic mass is 9.77. The smallest absolute Gasteiger partial charge is 0.0927 e. The first-order valence-electron chi connectivity index (χ1n) is 5.89.